The van der Waals surface area contributed by atoms with Crippen LogP contribution in [0.4, 0.5) is 22.7 Å². The number of nitro benzene ring substituents is 2. The fraction of sp³-hybridized carbons (Fsp3) is 0.333. The van der Waals surface area contributed by atoms with Crippen molar-refractivity contribution < 1.29 is 19.3 Å². The van der Waals surface area contributed by atoms with Crippen molar-refractivity contribution in [2.45, 2.75) is 6.42 Å². The van der Waals surface area contributed by atoms with Crippen LogP contribution in [-0.2, 0) is 9.47 Å². The molecule has 0 bridgehead atoms. The third kappa shape index (κ3) is 7.56. The first-order chi connectivity index (χ1) is 13.6. The molecule has 2 N–H and O–H groups in total. The van der Waals surface area contributed by atoms with Crippen LogP contribution in [-0.4, -0.2) is 42.9 Å². The first kappa shape index (κ1) is 21.1. The van der Waals surface area contributed by atoms with Crippen LogP contribution in [0.15, 0.2) is 48.5 Å². The number of non-ortho nitro benzene ring substituents is 2. The Bertz CT molecular complexity index is 686. The zero-order chi connectivity index (χ0) is 20.2. The molecule has 2 aromatic carbocycles. The quantitative estimate of drug-likeness (QED) is 0.230. The molecule has 0 saturated heterocycles. The Kier molecular flexibility index (Phi) is 8.63. The van der Waals surface area contributed by atoms with E-state index in [0.29, 0.717) is 26.3 Å². The van der Waals surface area contributed by atoms with E-state index in [2.05, 4.69) is 10.6 Å². The zero-order valence-electron chi connectivity index (χ0n) is 15.2. The molecular formula is C18H22N4O6. The Hall–Kier alpha value is -3.24. The van der Waals surface area contributed by atoms with E-state index in [0.717, 1.165) is 17.8 Å². The first-order valence-corrected chi connectivity index (χ1v) is 8.68. The van der Waals surface area contributed by atoms with Gasteiger partial charge < -0.3 is 20.1 Å². The second kappa shape index (κ2) is 11.5. The van der Waals surface area contributed by atoms with Crippen LogP contribution >= 0.6 is 0 Å². The Balaban J connectivity index is 1.45. The SMILES string of the molecule is O=[N+]([O-])c1ccc(NCCCOCOCCNc2ccc([N+](=O)[O-])cc2)cc1. The van der Waals surface area contributed by atoms with Gasteiger partial charge in [0.25, 0.3) is 11.4 Å². The predicted octanol–water partition coefficient (Wildman–Crippen LogP) is 3.41. The van der Waals surface area contributed by atoms with Crippen LogP contribution in [0.3, 0.4) is 0 Å². The molecule has 0 heterocycles. The van der Waals surface area contributed by atoms with E-state index in [-0.39, 0.29) is 18.2 Å². The second-order valence-corrected chi connectivity index (χ2v) is 5.75. The summed E-state index contributed by atoms with van der Waals surface area (Å²) in [7, 11) is 0. The summed E-state index contributed by atoms with van der Waals surface area (Å²) >= 11 is 0. The molecule has 2 aromatic rings. The van der Waals surface area contributed by atoms with Crippen LogP contribution in [0, 0.1) is 20.2 Å². The summed E-state index contributed by atoms with van der Waals surface area (Å²) in [5.41, 5.74) is 1.72. The fourth-order valence-corrected chi connectivity index (χ4v) is 2.25. The molecule has 0 aliphatic heterocycles. The van der Waals surface area contributed by atoms with E-state index in [1.165, 1.54) is 24.3 Å². The molecular weight excluding hydrogens is 368 g/mol. The van der Waals surface area contributed by atoms with E-state index in [9.17, 15) is 20.2 Å². The molecule has 150 valence electrons. The molecule has 0 amide bonds. The summed E-state index contributed by atoms with van der Waals surface area (Å²) in [6.07, 6.45) is 0.765. The van der Waals surface area contributed by atoms with Crippen molar-refractivity contribution in [3.05, 3.63) is 68.8 Å². The van der Waals surface area contributed by atoms with Crippen LogP contribution < -0.4 is 10.6 Å². The number of hydrogen-bond donors (Lipinski definition) is 2. The van der Waals surface area contributed by atoms with Crippen molar-refractivity contribution >= 4 is 22.7 Å². The lowest BCUT2D eigenvalue weighted by Gasteiger charge is -2.09. The second-order valence-electron chi connectivity index (χ2n) is 5.75. The molecule has 0 fully saturated rings. The van der Waals surface area contributed by atoms with Crippen LogP contribution in [0.5, 0.6) is 0 Å². The van der Waals surface area contributed by atoms with Gasteiger partial charge in [-0.05, 0) is 30.7 Å². The van der Waals surface area contributed by atoms with Crippen molar-refractivity contribution in [2.75, 3.05) is 43.7 Å². The number of ether oxygens (including phenoxy) is 2. The monoisotopic (exact) mass is 390 g/mol. The van der Waals surface area contributed by atoms with Crippen molar-refractivity contribution in [2.24, 2.45) is 0 Å². The molecule has 0 aliphatic rings. The van der Waals surface area contributed by atoms with E-state index in [1.54, 1.807) is 24.3 Å². The molecule has 0 unspecified atom stereocenters. The average Bonchev–Trinajstić information content (AvgIpc) is 2.70. The molecule has 0 atom stereocenters. The predicted molar refractivity (Wildman–Crippen MR) is 105 cm³/mol. The van der Waals surface area contributed by atoms with Gasteiger partial charge in [0, 0.05) is 48.7 Å². The molecule has 10 heteroatoms. The Morgan fingerprint density at radius 2 is 1.18 bits per heavy atom. The van der Waals surface area contributed by atoms with Crippen molar-refractivity contribution in [3.63, 3.8) is 0 Å². The highest BCUT2D eigenvalue weighted by Gasteiger charge is 2.04. The summed E-state index contributed by atoms with van der Waals surface area (Å²) < 4.78 is 10.7. The maximum atomic E-state index is 10.6. The maximum absolute atomic E-state index is 10.6. The van der Waals surface area contributed by atoms with Crippen LogP contribution in [0.25, 0.3) is 0 Å². The fourth-order valence-electron chi connectivity index (χ4n) is 2.25. The normalized spacial score (nSPS) is 10.4. The van der Waals surface area contributed by atoms with E-state index in [1.807, 2.05) is 0 Å². The lowest BCUT2D eigenvalue weighted by atomic mass is 10.3. The number of nitrogens with zero attached hydrogens (tertiary/aromatic N) is 2. The van der Waals surface area contributed by atoms with Gasteiger partial charge in [-0.2, -0.15) is 0 Å². The van der Waals surface area contributed by atoms with E-state index in [4.69, 9.17) is 9.47 Å². The summed E-state index contributed by atoms with van der Waals surface area (Å²) in [6.45, 7) is 2.38. The molecule has 2 rings (SSSR count). The highest BCUT2D eigenvalue weighted by molar-refractivity contribution is 5.49. The third-order valence-corrected chi connectivity index (χ3v) is 3.69. The number of anilines is 2. The minimum atomic E-state index is -0.439. The van der Waals surface area contributed by atoms with Gasteiger partial charge in [0.2, 0.25) is 0 Å². The third-order valence-electron chi connectivity index (χ3n) is 3.69. The number of hydrogen-bond acceptors (Lipinski definition) is 8. The Morgan fingerprint density at radius 1 is 0.714 bits per heavy atom. The number of benzene rings is 2. The van der Waals surface area contributed by atoms with Gasteiger partial charge in [0.05, 0.1) is 23.1 Å². The van der Waals surface area contributed by atoms with Gasteiger partial charge >= 0.3 is 0 Å². The van der Waals surface area contributed by atoms with Crippen LogP contribution in [0.1, 0.15) is 6.42 Å². The van der Waals surface area contributed by atoms with Gasteiger partial charge in [-0.25, -0.2) is 0 Å². The summed E-state index contributed by atoms with van der Waals surface area (Å²) in [5, 5.41) is 27.4. The zero-order valence-corrected chi connectivity index (χ0v) is 15.2. The highest BCUT2D eigenvalue weighted by Crippen LogP contribution is 2.16. The maximum Gasteiger partial charge on any atom is 0.269 e. The molecule has 0 spiro atoms. The van der Waals surface area contributed by atoms with Gasteiger partial charge in [-0.15, -0.1) is 0 Å². The van der Waals surface area contributed by atoms with Gasteiger partial charge in [0.15, 0.2) is 0 Å². The molecule has 0 radical (unpaired) electrons. The number of rotatable bonds is 13. The summed E-state index contributed by atoms with van der Waals surface area (Å²) in [4.78, 5) is 20.3. The smallest absolute Gasteiger partial charge is 0.269 e. The Morgan fingerprint density at radius 3 is 1.68 bits per heavy atom. The molecule has 0 aromatic heterocycles. The van der Waals surface area contributed by atoms with Gasteiger partial charge in [-0.3, -0.25) is 20.2 Å². The van der Waals surface area contributed by atoms with Crippen LogP contribution in [0.2, 0.25) is 0 Å². The van der Waals surface area contributed by atoms with E-state index < -0.39 is 9.85 Å². The minimum Gasteiger partial charge on any atom is -0.385 e. The van der Waals surface area contributed by atoms with Gasteiger partial charge in [0.1, 0.15) is 6.79 Å². The number of nitrogens with one attached hydrogen (secondary N) is 2. The molecule has 0 aliphatic carbocycles. The summed E-state index contributed by atoms with van der Waals surface area (Å²) in [6, 6.07) is 12.4. The standard InChI is InChI=1S/C18H22N4O6/c23-21(24)17-6-2-15(3-7-17)19-10-1-12-27-14-28-13-11-20-16-4-8-18(9-5-16)22(25)26/h2-9,19-20H,1,10-14H2. The largest absolute Gasteiger partial charge is 0.385 e. The minimum absolute atomic E-state index is 0.0540. The average molecular weight is 390 g/mol. The lowest BCUT2D eigenvalue weighted by molar-refractivity contribution is -0.385. The first-order valence-electron chi connectivity index (χ1n) is 8.68. The molecule has 0 saturated carbocycles. The van der Waals surface area contributed by atoms with Crippen molar-refractivity contribution in [1.29, 1.82) is 0 Å². The molecule has 28 heavy (non-hydrogen) atoms. The molecule has 10 nitrogen and oxygen atoms in total. The lowest BCUT2D eigenvalue weighted by Crippen LogP contribution is -2.12. The Labute approximate surface area is 161 Å². The van der Waals surface area contributed by atoms with Crippen molar-refractivity contribution in [1.82, 2.24) is 0 Å². The topological polar surface area (TPSA) is 129 Å². The van der Waals surface area contributed by atoms with E-state index >= 15 is 0 Å². The summed E-state index contributed by atoms with van der Waals surface area (Å²) in [5.74, 6) is 0. The van der Waals surface area contributed by atoms with Crippen molar-refractivity contribution in [3.8, 4) is 0 Å². The van der Waals surface area contributed by atoms with Gasteiger partial charge in [-0.1, -0.05) is 0 Å². The number of nitro groups is 2. The highest BCUT2D eigenvalue weighted by atomic mass is 16.7.